The van der Waals surface area contributed by atoms with Crippen molar-refractivity contribution in [1.82, 2.24) is 14.9 Å². The number of ether oxygens (including phenoxy) is 1. The first kappa shape index (κ1) is 28.4. The average molecular weight is 563 g/mol. The molecule has 4 aromatic rings. The number of aryl methyl sites for hydroxylation is 2. The summed E-state index contributed by atoms with van der Waals surface area (Å²) in [7, 11) is -3.62. The number of nitrogens with zero attached hydrogens (tertiary/aromatic N) is 1. The Morgan fingerprint density at radius 1 is 1.07 bits per heavy atom. The Morgan fingerprint density at radius 3 is 2.40 bits per heavy atom. The summed E-state index contributed by atoms with van der Waals surface area (Å²) < 4.78 is 34.5. The molecule has 2 heterocycles. The molecule has 0 aliphatic heterocycles. The molecule has 2 aromatic heterocycles. The lowest BCUT2D eigenvalue weighted by molar-refractivity contribution is 0.0948. The minimum atomic E-state index is -3.62. The molecule has 0 spiro atoms. The molecule has 0 bridgehead atoms. The Hall–Kier alpha value is -4.64. The van der Waals surface area contributed by atoms with E-state index < -0.39 is 27.4 Å². The number of pyridine rings is 1. The van der Waals surface area contributed by atoms with E-state index in [9.17, 15) is 22.8 Å². The number of sulfonamides is 1. The summed E-state index contributed by atoms with van der Waals surface area (Å²) in [4.78, 5) is 41.4. The van der Waals surface area contributed by atoms with Gasteiger partial charge in [0, 0.05) is 34.9 Å². The molecule has 10 nitrogen and oxygen atoms in total. The van der Waals surface area contributed by atoms with E-state index in [1.807, 2.05) is 32.0 Å². The first-order valence-corrected chi connectivity index (χ1v) is 14.3. The Balaban J connectivity index is 2.06. The highest BCUT2D eigenvalue weighted by Crippen LogP contribution is 2.40. The number of fused-ring (bicyclic) bond motifs is 1. The van der Waals surface area contributed by atoms with Crippen LogP contribution in [0.1, 0.15) is 40.3 Å². The van der Waals surface area contributed by atoms with Crippen LogP contribution in [-0.2, 0) is 10.0 Å². The SMILES string of the molecule is C=CC(=O)n1cc(-c2cc(NS(=O)(=O)CC)ccc2Oc2c(C)cccc2C)c2cc(C(=O)NCC)[nH]c2c1=O. The van der Waals surface area contributed by atoms with Gasteiger partial charge in [-0.25, -0.2) is 13.0 Å². The van der Waals surface area contributed by atoms with Gasteiger partial charge >= 0.3 is 0 Å². The summed E-state index contributed by atoms with van der Waals surface area (Å²) in [6.07, 6.45) is 2.35. The molecule has 208 valence electrons. The van der Waals surface area contributed by atoms with Gasteiger partial charge in [-0.05, 0) is 69.2 Å². The van der Waals surface area contributed by atoms with Crippen molar-refractivity contribution in [2.24, 2.45) is 0 Å². The third-order valence-corrected chi connectivity index (χ3v) is 7.64. The number of allylic oxidation sites excluding steroid dienone is 1. The normalized spacial score (nSPS) is 11.3. The fourth-order valence-corrected chi connectivity index (χ4v) is 4.91. The van der Waals surface area contributed by atoms with Gasteiger partial charge in [0.05, 0.1) is 5.75 Å². The molecule has 11 heteroatoms. The lowest BCUT2D eigenvalue weighted by Crippen LogP contribution is -2.26. The highest BCUT2D eigenvalue weighted by Gasteiger charge is 2.22. The highest BCUT2D eigenvalue weighted by molar-refractivity contribution is 7.92. The molecule has 0 aliphatic carbocycles. The molecule has 0 unspecified atom stereocenters. The van der Waals surface area contributed by atoms with E-state index in [0.29, 0.717) is 34.6 Å². The Morgan fingerprint density at radius 2 is 1.77 bits per heavy atom. The molecular weight excluding hydrogens is 532 g/mol. The van der Waals surface area contributed by atoms with Crippen LogP contribution in [0.15, 0.2) is 66.1 Å². The van der Waals surface area contributed by atoms with Crippen LogP contribution in [0.2, 0.25) is 0 Å². The standard InChI is InChI=1S/C29H30N4O6S/c1-6-25(34)33-16-22(21-15-23(28(35)30-7-2)31-26(21)29(33)36)20-14-19(32-40(37,38)8-3)12-13-24(20)39-27-17(4)10-9-11-18(27)5/h6,9-16,31-32H,1,7-8H2,2-5H3,(H,30,35). The summed E-state index contributed by atoms with van der Waals surface area (Å²) >= 11 is 0. The second kappa shape index (κ2) is 11.2. The number of hydrogen-bond acceptors (Lipinski definition) is 6. The number of carbonyl (C=O) groups excluding carboxylic acids is 2. The van der Waals surface area contributed by atoms with E-state index in [-0.39, 0.29) is 22.7 Å². The molecule has 0 atom stereocenters. The quantitative estimate of drug-likeness (QED) is 0.252. The highest BCUT2D eigenvalue weighted by atomic mass is 32.2. The maximum absolute atomic E-state index is 13.3. The number of anilines is 1. The molecule has 0 radical (unpaired) electrons. The number of para-hydroxylation sites is 1. The van der Waals surface area contributed by atoms with Crippen molar-refractivity contribution in [3.8, 4) is 22.6 Å². The molecule has 0 saturated carbocycles. The molecule has 4 rings (SSSR count). The summed E-state index contributed by atoms with van der Waals surface area (Å²) in [6, 6.07) is 12.0. The molecule has 0 aliphatic rings. The first-order chi connectivity index (χ1) is 19.0. The van der Waals surface area contributed by atoms with Crippen molar-refractivity contribution < 1.29 is 22.7 Å². The molecular formula is C29H30N4O6S. The third kappa shape index (κ3) is 5.55. The zero-order valence-electron chi connectivity index (χ0n) is 22.6. The second-order valence-corrected chi connectivity index (χ2v) is 11.1. The lowest BCUT2D eigenvalue weighted by Gasteiger charge is -2.18. The number of carbonyl (C=O) groups is 2. The van der Waals surface area contributed by atoms with Crippen molar-refractivity contribution in [2.45, 2.75) is 27.7 Å². The minimum Gasteiger partial charge on any atom is -0.456 e. The smallest absolute Gasteiger partial charge is 0.281 e. The van der Waals surface area contributed by atoms with Crippen molar-refractivity contribution in [2.75, 3.05) is 17.0 Å². The zero-order chi connectivity index (χ0) is 29.2. The molecule has 2 aromatic carbocycles. The zero-order valence-corrected chi connectivity index (χ0v) is 23.4. The number of hydrogen-bond donors (Lipinski definition) is 3. The van der Waals surface area contributed by atoms with E-state index in [2.05, 4.69) is 21.6 Å². The van der Waals surface area contributed by atoms with Crippen LogP contribution in [-0.4, -0.2) is 42.1 Å². The van der Waals surface area contributed by atoms with Crippen LogP contribution in [0.25, 0.3) is 22.0 Å². The van der Waals surface area contributed by atoms with E-state index in [4.69, 9.17) is 4.74 Å². The van der Waals surface area contributed by atoms with Gasteiger partial charge in [0.2, 0.25) is 10.0 Å². The third-order valence-electron chi connectivity index (χ3n) is 6.34. The molecule has 1 amide bonds. The van der Waals surface area contributed by atoms with Gasteiger partial charge in [-0.2, -0.15) is 0 Å². The summed E-state index contributed by atoms with van der Waals surface area (Å²) in [5.41, 5.74) is 2.22. The number of aromatic nitrogens is 2. The van der Waals surface area contributed by atoms with Crippen molar-refractivity contribution in [1.29, 1.82) is 0 Å². The maximum atomic E-state index is 13.3. The number of rotatable bonds is 9. The van der Waals surface area contributed by atoms with Crippen LogP contribution in [0.5, 0.6) is 11.5 Å². The summed E-state index contributed by atoms with van der Waals surface area (Å²) in [6.45, 7) is 10.9. The van der Waals surface area contributed by atoms with Crippen LogP contribution in [0, 0.1) is 13.8 Å². The predicted molar refractivity (Wildman–Crippen MR) is 156 cm³/mol. The van der Waals surface area contributed by atoms with Gasteiger partial charge in [0.25, 0.3) is 17.4 Å². The Bertz CT molecular complexity index is 1800. The van der Waals surface area contributed by atoms with Gasteiger partial charge in [-0.1, -0.05) is 24.8 Å². The van der Waals surface area contributed by atoms with E-state index in [1.54, 1.807) is 25.1 Å². The summed E-state index contributed by atoms with van der Waals surface area (Å²) in [5.74, 6) is -0.297. The van der Waals surface area contributed by atoms with Gasteiger partial charge < -0.3 is 15.0 Å². The Labute approximate surface area is 231 Å². The van der Waals surface area contributed by atoms with E-state index in [0.717, 1.165) is 21.8 Å². The van der Waals surface area contributed by atoms with Crippen LogP contribution in [0.3, 0.4) is 0 Å². The minimum absolute atomic E-state index is 0.0199. The fourth-order valence-electron chi connectivity index (χ4n) is 4.28. The number of nitrogens with one attached hydrogen (secondary N) is 3. The Kier molecular flexibility index (Phi) is 7.96. The monoisotopic (exact) mass is 562 g/mol. The number of amides is 1. The second-order valence-electron chi connectivity index (χ2n) is 9.13. The van der Waals surface area contributed by atoms with Crippen molar-refractivity contribution in [3.63, 3.8) is 0 Å². The van der Waals surface area contributed by atoms with E-state index in [1.165, 1.54) is 19.2 Å². The predicted octanol–water partition coefficient (Wildman–Crippen LogP) is 4.74. The fraction of sp³-hybridized carbons (Fsp3) is 0.207. The van der Waals surface area contributed by atoms with Gasteiger partial charge in [-0.15, -0.1) is 0 Å². The topological polar surface area (TPSA) is 139 Å². The molecule has 0 fully saturated rings. The van der Waals surface area contributed by atoms with E-state index >= 15 is 0 Å². The lowest BCUT2D eigenvalue weighted by atomic mass is 10.0. The van der Waals surface area contributed by atoms with Crippen LogP contribution >= 0.6 is 0 Å². The summed E-state index contributed by atoms with van der Waals surface area (Å²) in [5, 5.41) is 3.03. The van der Waals surface area contributed by atoms with Crippen molar-refractivity contribution in [3.05, 3.63) is 88.5 Å². The number of H-pyrrole nitrogens is 1. The number of benzene rings is 2. The largest absolute Gasteiger partial charge is 0.456 e. The van der Waals surface area contributed by atoms with Gasteiger partial charge in [0.15, 0.2) is 0 Å². The van der Waals surface area contributed by atoms with Crippen LogP contribution < -0.4 is 20.3 Å². The molecule has 0 saturated heterocycles. The maximum Gasteiger partial charge on any atom is 0.281 e. The van der Waals surface area contributed by atoms with Gasteiger partial charge in [-0.3, -0.25) is 19.1 Å². The first-order valence-electron chi connectivity index (χ1n) is 12.6. The number of aromatic amines is 1. The van der Waals surface area contributed by atoms with Crippen LogP contribution in [0.4, 0.5) is 5.69 Å². The average Bonchev–Trinajstić information content (AvgIpc) is 3.38. The van der Waals surface area contributed by atoms with Crippen molar-refractivity contribution >= 4 is 38.4 Å². The molecule has 40 heavy (non-hydrogen) atoms. The molecule has 3 N–H and O–H groups in total. The van der Waals surface area contributed by atoms with Gasteiger partial charge in [0.1, 0.15) is 22.7 Å².